The van der Waals surface area contributed by atoms with Crippen molar-refractivity contribution in [2.75, 3.05) is 6.54 Å². The predicted molar refractivity (Wildman–Crippen MR) is 88.3 cm³/mol. The second-order valence-electron chi connectivity index (χ2n) is 5.25. The van der Waals surface area contributed by atoms with Crippen LogP contribution in [0.5, 0.6) is 0 Å². The van der Waals surface area contributed by atoms with E-state index in [-0.39, 0.29) is 18.5 Å². The number of nitrogens with zero attached hydrogens (tertiary/aromatic N) is 3. The molecule has 3 aromatic rings. The normalized spacial score (nSPS) is 11.6. The second-order valence-corrected chi connectivity index (χ2v) is 7.05. The number of rotatable bonds is 7. The van der Waals surface area contributed by atoms with E-state index in [0.717, 1.165) is 5.56 Å². The summed E-state index contributed by atoms with van der Waals surface area (Å²) in [6.45, 7) is 0.0894. The summed E-state index contributed by atoms with van der Waals surface area (Å²) in [5.74, 6) is -0.256. The molecule has 0 aliphatic rings. The first-order chi connectivity index (χ1) is 12.0. The van der Waals surface area contributed by atoms with Gasteiger partial charge in [0.05, 0.1) is 5.75 Å². The van der Waals surface area contributed by atoms with Gasteiger partial charge in [-0.15, -0.1) is 0 Å². The topological polar surface area (TPSA) is 98.0 Å². The van der Waals surface area contributed by atoms with E-state index in [1.54, 1.807) is 30.6 Å². The van der Waals surface area contributed by atoms with Crippen LogP contribution in [0.15, 0.2) is 53.3 Å². The summed E-state index contributed by atoms with van der Waals surface area (Å²) < 4.78 is 45.1. The molecule has 0 atom stereocenters. The Morgan fingerprint density at radius 2 is 1.88 bits per heavy atom. The van der Waals surface area contributed by atoms with Gasteiger partial charge in [0.25, 0.3) is 5.89 Å². The van der Waals surface area contributed by atoms with E-state index in [4.69, 9.17) is 4.52 Å². The third kappa shape index (κ3) is 4.68. The predicted octanol–water partition coefficient (Wildman–Crippen LogP) is 1.93. The Morgan fingerprint density at radius 1 is 1.12 bits per heavy atom. The number of benzene rings is 1. The number of hydrogen-bond donors (Lipinski definition) is 1. The number of pyridine rings is 1. The highest BCUT2D eigenvalue weighted by Crippen LogP contribution is 2.15. The Kier molecular flexibility index (Phi) is 5.15. The second kappa shape index (κ2) is 7.49. The molecule has 3 rings (SSSR count). The zero-order valence-electron chi connectivity index (χ0n) is 13.1. The van der Waals surface area contributed by atoms with Gasteiger partial charge in [-0.2, -0.15) is 4.98 Å². The summed E-state index contributed by atoms with van der Waals surface area (Å²) in [5.41, 5.74) is 0.850. The fourth-order valence-electron chi connectivity index (χ4n) is 2.16. The van der Waals surface area contributed by atoms with Gasteiger partial charge < -0.3 is 4.52 Å². The fraction of sp³-hybridized carbons (Fsp3) is 0.188. The van der Waals surface area contributed by atoms with Crippen LogP contribution in [0.25, 0.3) is 11.5 Å². The largest absolute Gasteiger partial charge is 0.334 e. The monoisotopic (exact) mass is 362 g/mol. The van der Waals surface area contributed by atoms with E-state index in [0.29, 0.717) is 11.7 Å². The number of sulfonamides is 1. The molecule has 0 amide bonds. The third-order valence-electron chi connectivity index (χ3n) is 3.37. The van der Waals surface area contributed by atoms with Gasteiger partial charge in [-0.1, -0.05) is 23.4 Å². The van der Waals surface area contributed by atoms with Crippen molar-refractivity contribution in [3.63, 3.8) is 0 Å². The molecule has 2 heterocycles. The summed E-state index contributed by atoms with van der Waals surface area (Å²) in [4.78, 5) is 8.10. The van der Waals surface area contributed by atoms with Gasteiger partial charge in [0.2, 0.25) is 10.0 Å². The molecular weight excluding hydrogens is 347 g/mol. The summed E-state index contributed by atoms with van der Waals surface area (Å²) in [7, 11) is -3.66. The van der Waals surface area contributed by atoms with Crippen molar-refractivity contribution in [1.29, 1.82) is 0 Å². The third-order valence-corrected chi connectivity index (χ3v) is 4.70. The summed E-state index contributed by atoms with van der Waals surface area (Å²) >= 11 is 0. The molecule has 0 bridgehead atoms. The first-order valence-electron chi connectivity index (χ1n) is 7.47. The number of halogens is 1. The van der Waals surface area contributed by atoms with E-state index < -0.39 is 21.6 Å². The molecule has 25 heavy (non-hydrogen) atoms. The Balaban J connectivity index is 1.56. The maximum absolute atomic E-state index is 13.5. The first kappa shape index (κ1) is 17.2. The molecule has 0 radical (unpaired) electrons. The zero-order chi connectivity index (χ0) is 17.7. The van der Waals surface area contributed by atoms with Crippen LogP contribution in [-0.4, -0.2) is 30.1 Å². The summed E-state index contributed by atoms with van der Waals surface area (Å²) in [6, 6.07) is 9.23. The lowest BCUT2D eigenvalue weighted by Crippen LogP contribution is -2.27. The van der Waals surface area contributed by atoms with E-state index in [1.807, 2.05) is 0 Å². The number of aromatic nitrogens is 3. The van der Waals surface area contributed by atoms with Gasteiger partial charge in [-0.25, -0.2) is 17.5 Å². The average Bonchev–Trinajstić information content (AvgIpc) is 3.06. The Labute approximate surface area is 144 Å². The first-order valence-corrected chi connectivity index (χ1v) is 9.12. The van der Waals surface area contributed by atoms with Gasteiger partial charge >= 0.3 is 0 Å². The molecule has 0 aliphatic carbocycles. The summed E-state index contributed by atoms with van der Waals surface area (Å²) in [6.07, 6.45) is 3.47. The van der Waals surface area contributed by atoms with E-state index in [1.165, 1.54) is 18.2 Å². The van der Waals surface area contributed by atoms with Crippen LogP contribution < -0.4 is 4.72 Å². The molecule has 7 nitrogen and oxygen atoms in total. The van der Waals surface area contributed by atoms with Crippen molar-refractivity contribution in [2.45, 2.75) is 12.2 Å². The molecule has 0 saturated carbocycles. The Morgan fingerprint density at radius 3 is 2.64 bits per heavy atom. The van der Waals surface area contributed by atoms with Crippen molar-refractivity contribution in [3.05, 3.63) is 66.0 Å². The minimum atomic E-state index is -3.66. The lowest BCUT2D eigenvalue weighted by molar-refractivity contribution is 0.422. The fourth-order valence-corrected chi connectivity index (χ4v) is 3.32. The van der Waals surface area contributed by atoms with Crippen molar-refractivity contribution in [1.82, 2.24) is 19.8 Å². The molecule has 0 fully saturated rings. The van der Waals surface area contributed by atoms with Gasteiger partial charge in [0, 0.05) is 36.5 Å². The van der Waals surface area contributed by atoms with Crippen LogP contribution >= 0.6 is 0 Å². The average molecular weight is 362 g/mol. The van der Waals surface area contributed by atoms with Gasteiger partial charge in [-0.05, 0) is 18.2 Å². The highest BCUT2D eigenvalue weighted by molar-refractivity contribution is 7.88. The van der Waals surface area contributed by atoms with E-state index in [9.17, 15) is 12.8 Å². The standard InChI is InChI=1S/C16H15FN4O3S/c17-14-4-2-1-3-13(14)11-25(22,23)19-10-7-15-20-16(24-21-15)12-5-8-18-9-6-12/h1-6,8-9,19H,7,10-11H2. The van der Waals surface area contributed by atoms with Crippen molar-refractivity contribution >= 4 is 10.0 Å². The van der Waals surface area contributed by atoms with Crippen LogP contribution in [0.1, 0.15) is 11.4 Å². The molecule has 0 spiro atoms. The Bertz CT molecular complexity index is 945. The Hall–Kier alpha value is -2.65. The van der Waals surface area contributed by atoms with Crippen molar-refractivity contribution in [3.8, 4) is 11.5 Å². The molecule has 2 aromatic heterocycles. The molecule has 9 heteroatoms. The van der Waals surface area contributed by atoms with Crippen LogP contribution in [0.4, 0.5) is 4.39 Å². The van der Waals surface area contributed by atoms with Gasteiger partial charge in [0.1, 0.15) is 5.82 Å². The molecular formula is C16H15FN4O3S. The minimum absolute atomic E-state index is 0.0894. The molecule has 0 saturated heterocycles. The van der Waals surface area contributed by atoms with Gasteiger partial charge in [0.15, 0.2) is 5.82 Å². The van der Waals surface area contributed by atoms with Crippen LogP contribution in [0, 0.1) is 5.82 Å². The van der Waals surface area contributed by atoms with Crippen LogP contribution in [-0.2, 0) is 22.2 Å². The van der Waals surface area contributed by atoms with E-state index >= 15 is 0 Å². The zero-order valence-corrected chi connectivity index (χ0v) is 13.9. The molecule has 130 valence electrons. The highest BCUT2D eigenvalue weighted by atomic mass is 32.2. The lowest BCUT2D eigenvalue weighted by Gasteiger charge is -2.06. The highest BCUT2D eigenvalue weighted by Gasteiger charge is 2.15. The van der Waals surface area contributed by atoms with Crippen LogP contribution in [0.2, 0.25) is 0 Å². The number of nitrogens with one attached hydrogen (secondary N) is 1. The maximum atomic E-state index is 13.5. The molecule has 1 N–H and O–H groups in total. The number of hydrogen-bond acceptors (Lipinski definition) is 6. The summed E-state index contributed by atoms with van der Waals surface area (Å²) in [5, 5.41) is 3.81. The van der Waals surface area contributed by atoms with Crippen LogP contribution in [0.3, 0.4) is 0 Å². The quantitative estimate of drug-likeness (QED) is 0.690. The van der Waals surface area contributed by atoms with Crippen molar-refractivity contribution in [2.24, 2.45) is 0 Å². The maximum Gasteiger partial charge on any atom is 0.258 e. The SMILES string of the molecule is O=S(=O)(Cc1ccccc1F)NCCc1noc(-c2ccncc2)n1. The van der Waals surface area contributed by atoms with E-state index in [2.05, 4.69) is 19.8 Å². The van der Waals surface area contributed by atoms with Gasteiger partial charge in [-0.3, -0.25) is 4.98 Å². The molecule has 0 unspecified atom stereocenters. The minimum Gasteiger partial charge on any atom is -0.334 e. The lowest BCUT2D eigenvalue weighted by atomic mass is 10.2. The van der Waals surface area contributed by atoms with Crippen molar-refractivity contribution < 1.29 is 17.3 Å². The smallest absolute Gasteiger partial charge is 0.258 e. The molecule has 1 aromatic carbocycles. The molecule has 0 aliphatic heterocycles.